The smallest absolute Gasteiger partial charge is 0.121 e. The van der Waals surface area contributed by atoms with Crippen molar-refractivity contribution in [2.45, 2.75) is 33.4 Å². The molecule has 4 heteroatoms. The zero-order chi connectivity index (χ0) is 13.1. The summed E-state index contributed by atoms with van der Waals surface area (Å²) < 4.78 is 0. The minimum absolute atomic E-state index is 0.449. The number of aryl methyl sites for hydroxylation is 1. The van der Waals surface area contributed by atoms with E-state index in [1.54, 1.807) is 0 Å². The van der Waals surface area contributed by atoms with Gasteiger partial charge in [0.1, 0.15) is 5.82 Å². The molecule has 18 heavy (non-hydrogen) atoms. The Morgan fingerprint density at radius 1 is 1.39 bits per heavy atom. The molecular formula is C14H18ClN3. The number of aromatic nitrogens is 2. The molecule has 3 nitrogen and oxygen atoms in total. The summed E-state index contributed by atoms with van der Waals surface area (Å²) in [6.45, 7) is 7.02. The number of nitrogens with one attached hydrogen (secondary N) is 2. The summed E-state index contributed by atoms with van der Waals surface area (Å²) in [5, 5.41) is 4.08. The number of aromatic amines is 1. The van der Waals surface area contributed by atoms with Gasteiger partial charge in [0.15, 0.2) is 0 Å². The maximum atomic E-state index is 6.01. The van der Waals surface area contributed by atoms with Crippen molar-refractivity contribution >= 4 is 11.6 Å². The first kappa shape index (κ1) is 13.1. The van der Waals surface area contributed by atoms with Crippen molar-refractivity contribution in [1.29, 1.82) is 0 Å². The Morgan fingerprint density at radius 3 is 2.83 bits per heavy atom. The zero-order valence-electron chi connectivity index (χ0n) is 10.9. The monoisotopic (exact) mass is 263 g/mol. The standard InChI is InChI=1S/C14H18ClN3/c1-9(2)16-8-13-17-10(3)14(18-13)11-5-4-6-12(15)7-11/h4-7,9,16H,8H2,1-3H3,(H,17,18). The van der Waals surface area contributed by atoms with Crippen molar-refractivity contribution in [2.75, 3.05) is 0 Å². The van der Waals surface area contributed by atoms with Gasteiger partial charge in [0.05, 0.1) is 12.2 Å². The van der Waals surface area contributed by atoms with Gasteiger partial charge in [-0.1, -0.05) is 37.6 Å². The van der Waals surface area contributed by atoms with Gasteiger partial charge in [-0.05, 0) is 19.1 Å². The van der Waals surface area contributed by atoms with Crippen LogP contribution < -0.4 is 5.32 Å². The Hall–Kier alpha value is -1.32. The molecule has 2 N–H and O–H groups in total. The second kappa shape index (κ2) is 5.55. The molecule has 0 amide bonds. The van der Waals surface area contributed by atoms with Gasteiger partial charge in [-0.3, -0.25) is 0 Å². The summed E-state index contributed by atoms with van der Waals surface area (Å²) in [7, 11) is 0. The van der Waals surface area contributed by atoms with E-state index < -0.39 is 0 Å². The third kappa shape index (κ3) is 3.12. The molecule has 1 aromatic heterocycles. The van der Waals surface area contributed by atoms with Crippen molar-refractivity contribution < 1.29 is 0 Å². The van der Waals surface area contributed by atoms with Crippen LogP contribution in [0.5, 0.6) is 0 Å². The number of hydrogen-bond acceptors (Lipinski definition) is 2. The van der Waals surface area contributed by atoms with Crippen molar-refractivity contribution in [3.05, 3.63) is 40.8 Å². The van der Waals surface area contributed by atoms with Crippen molar-refractivity contribution in [2.24, 2.45) is 0 Å². The highest BCUT2D eigenvalue weighted by molar-refractivity contribution is 6.30. The molecule has 0 aliphatic heterocycles. The molecule has 1 heterocycles. The molecule has 0 saturated carbocycles. The van der Waals surface area contributed by atoms with Crippen LogP contribution in [0.3, 0.4) is 0 Å². The van der Waals surface area contributed by atoms with Crippen molar-refractivity contribution in [1.82, 2.24) is 15.3 Å². The van der Waals surface area contributed by atoms with Gasteiger partial charge < -0.3 is 10.3 Å². The number of halogens is 1. The fourth-order valence-corrected chi connectivity index (χ4v) is 2.01. The first-order valence-electron chi connectivity index (χ1n) is 6.11. The van der Waals surface area contributed by atoms with Crippen LogP contribution in [0.25, 0.3) is 11.3 Å². The highest BCUT2D eigenvalue weighted by atomic mass is 35.5. The Balaban J connectivity index is 2.24. The molecule has 0 fully saturated rings. The SMILES string of the molecule is Cc1[nH]c(CNC(C)C)nc1-c1cccc(Cl)c1. The average molecular weight is 264 g/mol. The van der Waals surface area contributed by atoms with Crippen LogP contribution in [0.2, 0.25) is 5.02 Å². The fraction of sp³-hybridized carbons (Fsp3) is 0.357. The van der Waals surface area contributed by atoms with Gasteiger partial charge >= 0.3 is 0 Å². The van der Waals surface area contributed by atoms with Crippen molar-refractivity contribution in [3.8, 4) is 11.3 Å². The van der Waals surface area contributed by atoms with Gasteiger partial charge in [0.2, 0.25) is 0 Å². The first-order valence-corrected chi connectivity index (χ1v) is 6.49. The van der Waals surface area contributed by atoms with Crippen LogP contribution in [0.1, 0.15) is 25.4 Å². The third-order valence-corrected chi connectivity index (χ3v) is 2.94. The summed E-state index contributed by atoms with van der Waals surface area (Å²) in [5.74, 6) is 0.955. The van der Waals surface area contributed by atoms with E-state index in [4.69, 9.17) is 11.6 Å². The normalized spacial score (nSPS) is 11.2. The maximum Gasteiger partial charge on any atom is 0.121 e. The number of imidazole rings is 1. The fourth-order valence-electron chi connectivity index (χ4n) is 1.82. The quantitative estimate of drug-likeness (QED) is 0.886. The van der Waals surface area contributed by atoms with Crippen LogP contribution in [0, 0.1) is 6.92 Å². The first-order chi connectivity index (χ1) is 8.56. The van der Waals surface area contributed by atoms with E-state index in [0.717, 1.165) is 34.3 Å². The second-order valence-electron chi connectivity index (χ2n) is 4.70. The molecule has 0 radical (unpaired) electrons. The van der Waals surface area contributed by atoms with Crippen LogP contribution in [0.4, 0.5) is 0 Å². The van der Waals surface area contributed by atoms with Gasteiger partial charge in [-0.2, -0.15) is 0 Å². The molecule has 0 aliphatic carbocycles. The van der Waals surface area contributed by atoms with Gasteiger partial charge in [-0.25, -0.2) is 4.98 Å². The predicted molar refractivity (Wildman–Crippen MR) is 75.7 cm³/mol. The van der Waals surface area contributed by atoms with E-state index in [2.05, 4.69) is 29.1 Å². The lowest BCUT2D eigenvalue weighted by Gasteiger charge is -2.04. The van der Waals surface area contributed by atoms with E-state index >= 15 is 0 Å². The van der Waals surface area contributed by atoms with Gasteiger partial charge in [0.25, 0.3) is 0 Å². The molecule has 1 aromatic carbocycles. The summed E-state index contributed by atoms with van der Waals surface area (Å²) in [6, 6.07) is 8.22. The van der Waals surface area contributed by atoms with Gasteiger partial charge in [-0.15, -0.1) is 0 Å². The predicted octanol–water partition coefficient (Wildman–Crippen LogP) is 3.54. The molecule has 0 spiro atoms. The zero-order valence-corrected chi connectivity index (χ0v) is 11.7. The molecule has 0 bridgehead atoms. The number of hydrogen-bond donors (Lipinski definition) is 2. The molecule has 96 valence electrons. The average Bonchev–Trinajstić information content (AvgIpc) is 2.68. The third-order valence-electron chi connectivity index (χ3n) is 2.71. The molecule has 0 aliphatic rings. The van der Waals surface area contributed by atoms with Gasteiger partial charge in [0, 0.05) is 22.3 Å². The Kier molecular flexibility index (Phi) is 4.04. The van der Waals surface area contributed by atoms with E-state index in [1.807, 2.05) is 31.2 Å². The highest BCUT2D eigenvalue weighted by Crippen LogP contribution is 2.23. The Bertz CT molecular complexity index is 532. The summed E-state index contributed by atoms with van der Waals surface area (Å²) in [5.41, 5.74) is 3.09. The van der Waals surface area contributed by atoms with E-state index in [1.165, 1.54) is 0 Å². The topological polar surface area (TPSA) is 40.7 Å². The maximum absolute atomic E-state index is 6.01. The number of H-pyrrole nitrogens is 1. The molecule has 2 aromatic rings. The number of benzene rings is 1. The van der Waals surface area contributed by atoms with Crippen molar-refractivity contribution in [3.63, 3.8) is 0 Å². The lowest BCUT2D eigenvalue weighted by Crippen LogP contribution is -2.22. The van der Waals surface area contributed by atoms with Crippen LogP contribution >= 0.6 is 11.6 Å². The van der Waals surface area contributed by atoms with Crippen LogP contribution in [-0.4, -0.2) is 16.0 Å². The molecule has 0 saturated heterocycles. The summed E-state index contributed by atoms with van der Waals surface area (Å²) in [4.78, 5) is 7.92. The van der Waals surface area contributed by atoms with E-state index in [9.17, 15) is 0 Å². The van der Waals surface area contributed by atoms with E-state index in [0.29, 0.717) is 6.04 Å². The molecule has 2 rings (SSSR count). The Morgan fingerprint density at radius 2 is 2.17 bits per heavy atom. The molecule has 0 atom stereocenters. The highest BCUT2D eigenvalue weighted by Gasteiger charge is 2.09. The summed E-state index contributed by atoms with van der Waals surface area (Å²) >= 11 is 6.01. The minimum atomic E-state index is 0.449. The second-order valence-corrected chi connectivity index (χ2v) is 5.14. The molecule has 0 unspecified atom stereocenters. The van der Waals surface area contributed by atoms with Crippen LogP contribution in [-0.2, 0) is 6.54 Å². The largest absolute Gasteiger partial charge is 0.344 e. The van der Waals surface area contributed by atoms with Crippen LogP contribution in [0.15, 0.2) is 24.3 Å². The molecular weight excluding hydrogens is 246 g/mol. The Labute approximate surface area is 113 Å². The lowest BCUT2D eigenvalue weighted by atomic mass is 10.1. The lowest BCUT2D eigenvalue weighted by molar-refractivity contribution is 0.575. The minimum Gasteiger partial charge on any atom is -0.344 e. The van der Waals surface area contributed by atoms with E-state index in [-0.39, 0.29) is 0 Å². The summed E-state index contributed by atoms with van der Waals surface area (Å²) in [6.07, 6.45) is 0. The number of rotatable bonds is 4. The number of nitrogens with zero attached hydrogens (tertiary/aromatic N) is 1.